The molecule has 1 saturated heterocycles. The maximum Gasteiger partial charge on any atom is 0.225 e. The van der Waals surface area contributed by atoms with Gasteiger partial charge in [-0.2, -0.15) is 0 Å². The van der Waals surface area contributed by atoms with Crippen molar-refractivity contribution in [3.05, 3.63) is 29.8 Å². The van der Waals surface area contributed by atoms with E-state index in [4.69, 9.17) is 4.99 Å². The number of hydrogen-bond donors (Lipinski definition) is 0. The van der Waals surface area contributed by atoms with E-state index in [1.807, 2.05) is 4.90 Å². The first-order valence-corrected chi connectivity index (χ1v) is 9.91. The molecule has 24 heavy (non-hydrogen) atoms. The Morgan fingerprint density at radius 2 is 2.04 bits per heavy atom. The number of benzene rings is 1. The molecule has 0 bridgehead atoms. The van der Waals surface area contributed by atoms with Crippen LogP contribution in [-0.4, -0.2) is 41.0 Å². The SMILES string of the molecule is CCCCc1ccc(N(C(C)=O)C2CSC(=NC3CC3)N2C)cc1. The molecule has 3 rings (SSSR count). The highest BCUT2D eigenvalue weighted by atomic mass is 32.2. The Morgan fingerprint density at radius 3 is 2.62 bits per heavy atom. The molecule has 0 radical (unpaired) electrons. The van der Waals surface area contributed by atoms with Gasteiger partial charge in [-0.1, -0.05) is 37.2 Å². The number of rotatable bonds is 6. The lowest BCUT2D eigenvalue weighted by molar-refractivity contribution is -0.117. The third-order valence-electron chi connectivity index (χ3n) is 4.62. The quantitative estimate of drug-likeness (QED) is 0.784. The Morgan fingerprint density at radius 1 is 1.33 bits per heavy atom. The van der Waals surface area contributed by atoms with Gasteiger partial charge in [0.2, 0.25) is 5.91 Å². The summed E-state index contributed by atoms with van der Waals surface area (Å²) in [7, 11) is 2.05. The molecule has 1 amide bonds. The summed E-state index contributed by atoms with van der Waals surface area (Å²) in [5.41, 5.74) is 2.32. The molecule has 0 aromatic heterocycles. The van der Waals surface area contributed by atoms with Crippen molar-refractivity contribution in [2.24, 2.45) is 4.99 Å². The smallest absolute Gasteiger partial charge is 0.225 e. The second-order valence-corrected chi connectivity index (χ2v) is 7.69. The van der Waals surface area contributed by atoms with Gasteiger partial charge in [0.05, 0.1) is 6.04 Å². The highest BCUT2D eigenvalue weighted by Crippen LogP contribution is 2.32. The van der Waals surface area contributed by atoms with Crippen LogP contribution in [0.1, 0.15) is 45.1 Å². The van der Waals surface area contributed by atoms with Crippen molar-refractivity contribution in [3.63, 3.8) is 0 Å². The molecule has 1 aliphatic carbocycles. The number of hydrogen-bond acceptors (Lipinski definition) is 3. The van der Waals surface area contributed by atoms with E-state index in [0.29, 0.717) is 6.04 Å². The van der Waals surface area contributed by atoms with Gasteiger partial charge in [0.25, 0.3) is 0 Å². The zero-order valence-electron chi connectivity index (χ0n) is 14.9. The van der Waals surface area contributed by atoms with Crippen LogP contribution in [0.15, 0.2) is 29.3 Å². The fourth-order valence-corrected chi connectivity index (χ4v) is 4.21. The van der Waals surface area contributed by atoms with Crippen LogP contribution in [-0.2, 0) is 11.2 Å². The first kappa shape index (κ1) is 17.3. The van der Waals surface area contributed by atoms with Crippen LogP contribution in [0, 0.1) is 0 Å². The number of carbonyl (C=O) groups excluding carboxylic acids is 1. The fourth-order valence-electron chi connectivity index (χ4n) is 2.99. The number of aryl methyl sites for hydroxylation is 1. The monoisotopic (exact) mass is 345 g/mol. The molecule has 4 nitrogen and oxygen atoms in total. The summed E-state index contributed by atoms with van der Waals surface area (Å²) in [6.45, 7) is 3.86. The standard InChI is InChI=1S/C19H27N3OS/c1-4-5-6-15-7-11-17(12-8-15)22(14(2)23)18-13-24-19(21(18)3)20-16-9-10-16/h7-8,11-12,16,18H,4-6,9-10,13H2,1-3H3. The lowest BCUT2D eigenvalue weighted by Gasteiger charge is -2.32. The molecule has 1 aromatic rings. The molecule has 1 unspecified atom stereocenters. The minimum atomic E-state index is 0.0477. The number of aliphatic imine (C=N–C) groups is 1. The summed E-state index contributed by atoms with van der Waals surface area (Å²) in [6.07, 6.45) is 5.98. The zero-order valence-corrected chi connectivity index (χ0v) is 15.7. The summed E-state index contributed by atoms with van der Waals surface area (Å²) in [4.78, 5) is 21.2. The molecule has 0 spiro atoms. The lowest BCUT2D eigenvalue weighted by Crippen LogP contribution is -2.48. The molecular formula is C19H27N3OS. The third kappa shape index (κ3) is 3.94. The van der Waals surface area contributed by atoms with Crippen molar-refractivity contribution in [3.8, 4) is 0 Å². The maximum absolute atomic E-state index is 12.3. The number of unbranched alkanes of at least 4 members (excludes halogenated alkanes) is 1. The molecule has 130 valence electrons. The predicted octanol–water partition coefficient (Wildman–Crippen LogP) is 3.91. The molecule has 1 atom stereocenters. The number of amides is 1. The molecular weight excluding hydrogens is 318 g/mol. The van der Waals surface area contributed by atoms with Crippen molar-refractivity contribution < 1.29 is 4.79 Å². The fraction of sp³-hybridized carbons (Fsp3) is 0.579. The van der Waals surface area contributed by atoms with E-state index in [2.05, 4.69) is 43.1 Å². The van der Waals surface area contributed by atoms with Gasteiger partial charge in [-0.05, 0) is 43.4 Å². The Labute approximate surface area is 149 Å². The van der Waals surface area contributed by atoms with Crippen molar-refractivity contribution in [1.29, 1.82) is 0 Å². The van der Waals surface area contributed by atoms with Crippen molar-refractivity contribution in [2.45, 2.75) is 58.2 Å². The number of nitrogens with zero attached hydrogens (tertiary/aromatic N) is 3. The van der Waals surface area contributed by atoms with E-state index < -0.39 is 0 Å². The van der Waals surface area contributed by atoms with Crippen molar-refractivity contribution in [2.75, 3.05) is 17.7 Å². The first-order chi connectivity index (χ1) is 11.6. The normalized spacial score (nSPS) is 22.2. The van der Waals surface area contributed by atoms with Crippen LogP contribution in [0.5, 0.6) is 0 Å². The Balaban J connectivity index is 1.76. The van der Waals surface area contributed by atoms with Crippen LogP contribution in [0.25, 0.3) is 0 Å². The van der Waals surface area contributed by atoms with E-state index in [1.54, 1.807) is 18.7 Å². The predicted molar refractivity (Wildman–Crippen MR) is 103 cm³/mol. The van der Waals surface area contributed by atoms with Gasteiger partial charge >= 0.3 is 0 Å². The summed E-state index contributed by atoms with van der Waals surface area (Å²) in [5, 5.41) is 1.08. The molecule has 2 fully saturated rings. The van der Waals surface area contributed by atoms with E-state index in [0.717, 1.165) is 23.0 Å². The van der Waals surface area contributed by atoms with Crippen LogP contribution < -0.4 is 4.90 Å². The highest BCUT2D eigenvalue weighted by Gasteiger charge is 2.35. The number of amidine groups is 1. The Kier molecular flexibility index (Phi) is 5.49. The Hall–Kier alpha value is -1.49. The van der Waals surface area contributed by atoms with Crippen LogP contribution in [0.2, 0.25) is 0 Å². The zero-order chi connectivity index (χ0) is 17.1. The molecule has 0 N–H and O–H groups in total. The van der Waals surface area contributed by atoms with Crippen LogP contribution in [0.4, 0.5) is 5.69 Å². The van der Waals surface area contributed by atoms with Gasteiger partial charge in [-0.25, -0.2) is 0 Å². The number of thioether (sulfide) groups is 1. The van der Waals surface area contributed by atoms with E-state index in [-0.39, 0.29) is 12.1 Å². The summed E-state index contributed by atoms with van der Waals surface area (Å²) in [5.74, 6) is 0.959. The maximum atomic E-state index is 12.3. The summed E-state index contributed by atoms with van der Waals surface area (Å²) in [6, 6.07) is 8.99. The van der Waals surface area contributed by atoms with Gasteiger partial charge in [0.15, 0.2) is 5.17 Å². The van der Waals surface area contributed by atoms with Crippen LogP contribution >= 0.6 is 11.8 Å². The molecule has 1 heterocycles. The van der Waals surface area contributed by atoms with Gasteiger partial charge in [-0.15, -0.1) is 0 Å². The number of carbonyl (C=O) groups is 1. The van der Waals surface area contributed by atoms with Gasteiger partial charge < -0.3 is 4.90 Å². The second kappa shape index (κ2) is 7.60. The van der Waals surface area contributed by atoms with Gasteiger partial charge in [-0.3, -0.25) is 14.7 Å². The minimum Gasteiger partial charge on any atom is -0.333 e. The Bertz CT molecular complexity index is 610. The average Bonchev–Trinajstić information content (AvgIpc) is 3.32. The van der Waals surface area contributed by atoms with E-state index >= 15 is 0 Å². The first-order valence-electron chi connectivity index (χ1n) is 8.92. The van der Waals surface area contributed by atoms with Gasteiger partial charge in [0.1, 0.15) is 6.17 Å². The molecule has 1 saturated carbocycles. The van der Waals surface area contributed by atoms with Crippen molar-refractivity contribution >= 4 is 28.5 Å². The van der Waals surface area contributed by atoms with Crippen LogP contribution in [0.3, 0.4) is 0 Å². The minimum absolute atomic E-state index is 0.0477. The average molecular weight is 346 g/mol. The molecule has 5 heteroatoms. The highest BCUT2D eigenvalue weighted by molar-refractivity contribution is 8.14. The molecule has 2 aliphatic rings. The lowest BCUT2D eigenvalue weighted by atomic mass is 10.1. The van der Waals surface area contributed by atoms with E-state index in [9.17, 15) is 4.79 Å². The number of anilines is 1. The molecule has 1 aromatic carbocycles. The molecule has 1 aliphatic heterocycles. The second-order valence-electron chi connectivity index (χ2n) is 6.70. The summed E-state index contributed by atoms with van der Waals surface area (Å²) >= 11 is 1.76. The van der Waals surface area contributed by atoms with Crippen molar-refractivity contribution in [1.82, 2.24) is 4.90 Å². The van der Waals surface area contributed by atoms with E-state index in [1.165, 1.54) is 31.2 Å². The largest absolute Gasteiger partial charge is 0.333 e. The van der Waals surface area contributed by atoms with Gasteiger partial charge in [0, 0.05) is 25.4 Å². The summed E-state index contributed by atoms with van der Waals surface area (Å²) < 4.78 is 0. The topological polar surface area (TPSA) is 35.9 Å². The third-order valence-corrected chi connectivity index (χ3v) is 5.74.